The highest BCUT2D eigenvalue weighted by molar-refractivity contribution is 6.16. The average Bonchev–Trinajstić information content (AvgIpc) is 2.80. The summed E-state index contributed by atoms with van der Waals surface area (Å²) in [6, 6.07) is 4.75. The molecule has 0 atom stereocenters. The van der Waals surface area contributed by atoms with Crippen LogP contribution >= 0.6 is 11.6 Å². The van der Waals surface area contributed by atoms with E-state index in [1.54, 1.807) is 12.1 Å². The molecular weight excluding hydrogens is 289 g/mol. The van der Waals surface area contributed by atoms with Crippen molar-refractivity contribution in [1.29, 1.82) is 0 Å². The van der Waals surface area contributed by atoms with Gasteiger partial charge in [-0.05, 0) is 56.6 Å². The Morgan fingerprint density at radius 2 is 2.05 bits per heavy atom. The molecule has 0 radical (unpaired) electrons. The molecule has 2 heterocycles. The minimum atomic E-state index is -0.224. The molecule has 1 aliphatic rings. The molecule has 1 fully saturated rings. The van der Waals surface area contributed by atoms with Crippen molar-refractivity contribution in [3.63, 3.8) is 0 Å². The molecule has 0 bridgehead atoms. The maximum Gasteiger partial charge on any atom is 0.125 e. The maximum atomic E-state index is 13.6. The summed E-state index contributed by atoms with van der Waals surface area (Å²) in [4.78, 5) is 6.89. The van der Waals surface area contributed by atoms with Crippen LogP contribution in [-0.2, 0) is 12.4 Å². The van der Waals surface area contributed by atoms with Gasteiger partial charge in [0.05, 0.1) is 16.9 Å². The molecule has 5 heteroatoms. The first-order chi connectivity index (χ1) is 10.0. The lowest BCUT2D eigenvalue weighted by Gasteiger charge is -2.38. The van der Waals surface area contributed by atoms with Crippen LogP contribution in [0.2, 0.25) is 0 Å². The van der Waals surface area contributed by atoms with Crippen LogP contribution in [0.3, 0.4) is 0 Å². The van der Waals surface area contributed by atoms with E-state index in [0.29, 0.717) is 5.88 Å². The Kier molecular flexibility index (Phi) is 3.93. The Morgan fingerprint density at radius 3 is 2.71 bits per heavy atom. The van der Waals surface area contributed by atoms with Crippen LogP contribution in [0.5, 0.6) is 0 Å². The molecular formula is C16H21ClFN3. The average molecular weight is 310 g/mol. The zero-order valence-electron chi connectivity index (χ0n) is 12.6. The van der Waals surface area contributed by atoms with Crippen molar-refractivity contribution in [2.45, 2.75) is 32.2 Å². The minimum Gasteiger partial charge on any atom is -0.326 e. The second-order valence-corrected chi connectivity index (χ2v) is 6.76. The van der Waals surface area contributed by atoms with Gasteiger partial charge in [-0.25, -0.2) is 9.37 Å². The van der Waals surface area contributed by atoms with Gasteiger partial charge in [0.1, 0.15) is 11.6 Å². The molecule has 2 aromatic rings. The first kappa shape index (κ1) is 14.8. The number of benzene rings is 1. The van der Waals surface area contributed by atoms with E-state index in [1.807, 2.05) is 0 Å². The third kappa shape index (κ3) is 2.92. The van der Waals surface area contributed by atoms with Gasteiger partial charge >= 0.3 is 0 Å². The number of halogens is 2. The second kappa shape index (κ2) is 5.58. The van der Waals surface area contributed by atoms with Crippen LogP contribution in [0.15, 0.2) is 18.2 Å². The molecule has 114 valence electrons. The van der Waals surface area contributed by atoms with Crippen molar-refractivity contribution in [2.24, 2.45) is 5.41 Å². The van der Waals surface area contributed by atoms with Crippen molar-refractivity contribution in [2.75, 3.05) is 20.1 Å². The molecule has 0 N–H and O–H groups in total. The van der Waals surface area contributed by atoms with E-state index in [9.17, 15) is 4.39 Å². The molecule has 3 rings (SSSR count). The summed E-state index contributed by atoms with van der Waals surface area (Å²) in [7, 11) is 2.16. The van der Waals surface area contributed by atoms with Gasteiger partial charge in [0.25, 0.3) is 0 Å². The number of likely N-dealkylation sites (tertiary alicyclic amines) is 1. The number of nitrogens with zero attached hydrogens (tertiary/aromatic N) is 3. The number of hydrogen-bond acceptors (Lipinski definition) is 2. The Balaban J connectivity index is 1.97. The van der Waals surface area contributed by atoms with E-state index in [2.05, 4.69) is 28.4 Å². The summed E-state index contributed by atoms with van der Waals surface area (Å²) in [5.41, 5.74) is 1.89. The fourth-order valence-corrected chi connectivity index (χ4v) is 3.33. The summed E-state index contributed by atoms with van der Waals surface area (Å²) in [6.07, 6.45) is 2.28. The zero-order chi connectivity index (χ0) is 15.0. The smallest absolute Gasteiger partial charge is 0.125 e. The molecule has 1 aromatic carbocycles. The number of alkyl halides is 1. The summed E-state index contributed by atoms with van der Waals surface area (Å²) in [5.74, 6) is 0.961. The van der Waals surface area contributed by atoms with Crippen molar-refractivity contribution >= 4 is 22.6 Å². The van der Waals surface area contributed by atoms with Gasteiger partial charge in [-0.2, -0.15) is 0 Å². The third-order valence-corrected chi connectivity index (χ3v) is 4.88. The highest BCUT2D eigenvalue weighted by Gasteiger charge is 2.30. The van der Waals surface area contributed by atoms with E-state index in [1.165, 1.54) is 6.07 Å². The zero-order valence-corrected chi connectivity index (χ0v) is 13.3. The predicted octanol–water partition coefficient (Wildman–Crippen LogP) is 3.65. The number of piperidine rings is 1. The van der Waals surface area contributed by atoms with Gasteiger partial charge in [-0.3, -0.25) is 0 Å². The van der Waals surface area contributed by atoms with Gasteiger partial charge in [-0.15, -0.1) is 11.6 Å². The molecule has 1 saturated heterocycles. The molecule has 0 amide bonds. The first-order valence-corrected chi connectivity index (χ1v) is 7.93. The lowest BCUT2D eigenvalue weighted by molar-refractivity contribution is 0.121. The van der Waals surface area contributed by atoms with Crippen LogP contribution in [0, 0.1) is 11.2 Å². The number of hydrogen-bond donors (Lipinski definition) is 0. The van der Waals surface area contributed by atoms with E-state index in [0.717, 1.165) is 49.3 Å². The summed E-state index contributed by atoms with van der Waals surface area (Å²) >= 11 is 6.04. The molecule has 0 unspecified atom stereocenters. The quantitative estimate of drug-likeness (QED) is 0.807. The molecule has 1 aromatic heterocycles. The molecule has 3 nitrogen and oxygen atoms in total. The highest BCUT2D eigenvalue weighted by atomic mass is 35.5. The van der Waals surface area contributed by atoms with Crippen molar-refractivity contribution in [1.82, 2.24) is 14.5 Å². The number of aromatic nitrogens is 2. The van der Waals surface area contributed by atoms with Crippen molar-refractivity contribution < 1.29 is 4.39 Å². The molecule has 1 aliphatic heterocycles. The monoisotopic (exact) mass is 309 g/mol. The largest absolute Gasteiger partial charge is 0.326 e. The summed E-state index contributed by atoms with van der Waals surface area (Å²) < 4.78 is 15.7. The van der Waals surface area contributed by atoms with Crippen molar-refractivity contribution in [3.8, 4) is 0 Å². The van der Waals surface area contributed by atoms with E-state index in [-0.39, 0.29) is 11.2 Å². The van der Waals surface area contributed by atoms with Crippen LogP contribution in [0.4, 0.5) is 4.39 Å². The van der Waals surface area contributed by atoms with Gasteiger partial charge in [0.2, 0.25) is 0 Å². The fourth-order valence-electron chi connectivity index (χ4n) is 3.12. The number of imidazole rings is 1. The maximum absolute atomic E-state index is 13.6. The van der Waals surface area contributed by atoms with Crippen LogP contribution in [0.25, 0.3) is 11.0 Å². The van der Waals surface area contributed by atoms with Gasteiger partial charge < -0.3 is 9.47 Å². The normalized spacial score (nSPS) is 19.2. The molecule has 0 saturated carbocycles. The molecule has 0 spiro atoms. The molecule has 21 heavy (non-hydrogen) atoms. The Hall–Kier alpha value is -1.13. The minimum absolute atomic E-state index is 0.216. The highest BCUT2D eigenvalue weighted by Crippen LogP contribution is 2.34. The van der Waals surface area contributed by atoms with Gasteiger partial charge in [0.15, 0.2) is 0 Å². The summed E-state index contributed by atoms with van der Waals surface area (Å²) in [5, 5.41) is 0. The number of fused-ring (bicyclic) bond motifs is 1. The third-order valence-electron chi connectivity index (χ3n) is 4.64. The Bertz CT molecular complexity index is 644. The topological polar surface area (TPSA) is 21.1 Å². The first-order valence-electron chi connectivity index (χ1n) is 7.40. The van der Waals surface area contributed by atoms with Crippen LogP contribution in [-0.4, -0.2) is 34.6 Å². The van der Waals surface area contributed by atoms with Crippen molar-refractivity contribution in [3.05, 3.63) is 29.8 Å². The van der Waals surface area contributed by atoms with E-state index >= 15 is 0 Å². The SMILES string of the molecule is CN1CCC(C)(Cn2c(CCl)nc3ccc(F)cc32)CC1. The number of rotatable bonds is 3. The lowest BCUT2D eigenvalue weighted by atomic mass is 9.80. The van der Waals surface area contributed by atoms with Crippen LogP contribution < -0.4 is 0 Å². The van der Waals surface area contributed by atoms with E-state index in [4.69, 9.17) is 11.6 Å². The predicted molar refractivity (Wildman–Crippen MR) is 84.1 cm³/mol. The Morgan fingerprint density at radius 1 is 1.33 bits per heavy atom. The summed E-state index contributed by atoms with van der Waals surface area (Å²) in [6.45, 7) is 5.37. The Labute approximate surface area is 129 Å². The fraction of sp³-hybridized carbons (Fsp3) is 0.562. The standard InChI is InChI=1S/C16H21ClFN3/c1-16(5-7-20(2)8-6-16)11-21-14-9-12(18)3-4-13(14)19-15(21)10-17/h3-4,9H,5-8,10-11H2,1-2H3. The lowest BCUT2D eigenvalue weighted by Crippen LogP contribution is -2.38. The van der Waals surface area contributed by atoms with Gasteiger partial charge in [-0.1, -0.05) is 6.92 Å². The second-order valence-electron chi connectivity index (χ2n) is 6.49. The van der Waals surface area contributed by atoms with Gasteiger partial charge in [0, 0.05) is 6.54 Å². The molecule has 0 aliphatic carbocycles. The van der Waals surface area contributed by atoms with Crippen LogP contribution in [0.1, 0.15) is 25.6 Å². The van der Waals surface area contributed by atoms with E-state index < -0.39 is 0 Å².